The lowest BCUT2D eigenvalue weighted by Gasteiger charge is -2.40. The van der Waals surface area contributed by atoms with Crippen LogP contribution in [0.2, 0.25) is 0 Å². The van der Waals surface area contributed by atoms with E-state index in [2.05, 4.69) is 55.3 Å². The second-order valence-corrected chi connectivity index (χ2v) is 12.2. The minimum absolute atomic E-state index is 0.196. The Hall–Kier alpha value is -2.31. The molecule has 34 heavy (non-hydrogen) atoms. The van der Waals surface area contributed by atoms with E-state index in [4.69, 9.17) is 0 Å². The molecule has 2 unspecified atom stereocenters. The van der Waals surface area contributed by atoms with Crippen molar-refractivity contribution < 1.29 is 8.94 Å². The Morgan fingerprint density at radius 3 is 2.41 bits per heavy atom. The molecule has 1 aliphatic heterocycles. The second-order valence-electron chi connectivity index (χ2n) is 10.5. The first-order chi connectivity index (χ1) is 16.2. The summed E-state index contributed by atoms with van der Waals surface area (Å²) in [5.41, 5.74) is 4.70. The number of halogens is 1. The summed E-state index contributed by atoms with van der Waals surface area (Å²) in [6.45, 7) is 8.50. The molecule has 0 bridgehead atoms. The van der Waals surface area contributed by atoms with Crippen LogP contribution in [0.15, 0.2) is 54.7 Å². The van der Waals surface area contributed by atoms with Gasteiger partial charge in [-0.25, -0.2) is 4.39 Å². The summed E-state index contributed by atoms with van der Waals surface area (Å²) in [5.74, 6) is 1.83. The zero-order valence-electron chi connectivity index (χ0n) is 20.4. The number of anilines is 2. The highest BCUT2D eigenvalue weighted by atomic mass is 32.2. The molecule has 2 N–H and O–H groups in total. The number of hydrogen-bond acceptors (Lipinski definition) is 4. The minimum atomic E-state index is -0.699. The summed E-state index contributed by atoms with van der Waals surface area (Å²) in [4.78, 5) is 2.28. The minimum Gasteiger partial charge on any atom is -0.616 e. The molecule has 4 nitrogen and oxygen atoms in total. The molecule has 1 saturated heterocycles. The lowest BCUT2D eigenvalue weighted by Crippen LogP contribution is -2.40. The molecular weight excluding hydrogens is 445 g/mol. The van der Waals surface area contributed by atoms with Crippen LogP contribution in [0.4, 0.5) is 15.8 Å². The Morgan fingerprint density at radius 2 is 1.76 bits per heavy atom. The maximum absolute atomic E-state index is 13.4. The highest BCUT2D eigenvalue weighted by molar-refractivity contribution is 7.91. The zero-order valence-corrected chi connectivity index (χ0v) is 21.3. The lowest BCUT2D eigenvalue weighted by atomic mass is 9.65. The number of nitrogens with one attached hydrogen (secondary N) is 2. The van der Waals surface area contributed by atoms with Crippen molar-refractivity contribution in [1.82, 2.24) is 0 Å². The Morgan fingerprint density at radius 1 is 1.12 bits per heavy atom. The molecule has 0 spiro atoms. The van der Waals surface area contributed by atoms with Gasteiger partial charge >= 0.3 is 0 Å². The van der Waals surface area contributed by atoms with Crippen LogP contribution in [0.5, 0.6) is 0 Å². The van der Waals surface area contributed by atoms with E-state index in [0.717, 1.165) is 48.4 Å². The number of allylic oxidation sites excluding steroid dienone is 1. The molecule has 1 aliphatic carbocycles. The number of hydrogen-bond donors (Lipinski definition) is 2. The van der Waals surface area contributed by atoms with Crippen molar-refractivity contribution in [1.29, 1.82) is 5.41 Å². The van der Waals surface area contributed by atoms with Gasteiger partial charge < -0.3 is 20.2 Å². The maximum atomic E-state index is 13.4. The molecule has 2 aromatic carbocycles. The summed E-state index contributed by atoms with van der Waals surface area (Å²) in [6, 6.07) is 14.7. The van der Waals surface area contributed by atoms with Crippen molar-refractivity contribution in [3.05, 3.63) is 66.1 Å². The Balaban J connectivity index is 1.61. The smallest absolute Gasteiger partial charge is 0.123 e. The van der Waals surface area contributed by atoms with Gasteiger partial charge in [-0.2, -0.15) is 0 Å². The van der Waals surface area contributed by atoms with Crippen LogP contribution in [0.25, 0.3) is 5.57 Å². The summed E-state index contributed by atoms with van der Waals surface area (Å²) < 4.78 is 25.1. The van der Waals surface area contributed by atoms with E-state index in [9.17, 15) is 14.4 Å². The van der Waals surface area contributed by atoms with Gasteiger partial charge in [0, 0.05) is 34.8 Å². The molecular formula is C28H36FN3OS. The third-order valence-electron chi connectivity index (χ3n) is 7.35. The van der Waals surface area contributed by atoms with E-state index in [-0.39, 0.29) is 17.2 Å². The normalized spacial score (nSPS) is 23.6. The fourth-order valence-corrected chi connectivity index (χ4v) is 6.12. The summed E-state index contributed by atoms with van der Waals surface area (Å²) >= 11 is -0.699. The highest BCUT2D eigenvalue weighted by Gasteiger charge is 2.36. The molecule has 6 heteroatoms. The van der Waals surface area contributed by atoms with Crippen molar-refractivity contribution in [2.75, 3.05) is 34.8 Å². The number of benzene rings is 2. The van der Waals surface area contributed by atoms with E-state index >= 15 is 0 Å². The number of nitrogens with zero attached hydrogens (tertiary/aromatic N) is 1. The van der Waals surface area contributed by atoms with Gasteiger partial charge in [-0.05, 0) is 72.6 Å². The Labute approximate surface area is 206 Å². The molecule has 0 radical (unpaired) electrons. The fourth-order valence-electron chi connectivity index (χ4n) is 5.07. The fraction of sp³-hybridized carbons (Fsp3) is 0.464. The van der Waals surface area contributed by atoms with Crippen LogP contribution in [0, 0.1) is 28.5 Å². The molecule has 2 aliphatic rings. The standard InChI is InChI=1S/C28H36FN3OS/c1-20-12-13-28(2,3)18-25(20)27(30)26(19-31-23-8-6-22(29)7-9-23)21-4-10-24(11-5-21)32-14-16-34(33)17-15-32/h4-11,19-20,25,30-31H,12-18H2,1-3H3/b26-19-,30-27?. The first-order valence-electron chi connectivity index (χ1n) is 12.2. The molecule has 0 aromatic heterocycles. The van der Waals surface area contributed by atoms with Gasteiger partial charge in [0.15, 0.2) is 0 Å². The molecule has 182 valence electrons. The van der Waals surface area contributed by atoms with Crippen molar-refractivity contribution in [3.8, 4) is 0 Å². The molecule has 2 aromatic rings. The van der Waals surface area contributed by atoms with Gasteiger partial charge in [0.25, 0.3) is 0 Å². The first kappa shape index (κ1) is 24.8. The molecule has 4 rings (SSSR count). The van der Waals surface area contributed by atoms with E-state index in [1.54, 1.807) is 12.1 Å². The van der Waals surface area contributed by atoms with Gasteiger partial charge in [0.2, 0.25) is 0 Å². The van der Waals surface area contributed by atoms with Crippen LogP contribution in [0.3, 0.4) is 0 Å². The van der Waals surface area contributed by atoms with E-state index in [1.165, 1.54) is 18.6 Å². The SMILES string of the molecule is CC1CCC(C)(C)CC1C(=N)/C(=C\Nc1ccc(F)cc1)c1ccc(N2CC[S+]([O-])CC2)cc1. The van der Waals surface area contributed by atoms with Crippen LogP contribution in [-0.2, 0) is 11.2 Å². The van der Waals surface area contributed by atoms with Crippen LogP contribution in [0.1, 0.15) is 45.6 Å². The molecule has 1 heterocycles. The maximum Gasteiger partial charge on any atom is 0.123 e. The Bertz CT molecular complexity index is 1010. The molecule has 2 fully saturated rings. The van der Waals surface area contributed by atoms with Crippen molar-refractivity contribution in [2.45, 2.75) is 40.0 Å². The van der Waals surface area contributed by atoms with Crippen LogP contribution in [-0.4, -0.2) is 34.9 Å². The van der Waals surface area contributed by atoms with Crippen molar-refractivity contribution in [3.63, 3.8) is 0 Å². The topological polar surface area (TPSA) is 62.2 Å². The van der Waals surface area contributed by atoms with Crippen molar-refractivity contribution in [2.24, 2.45) is 17.3 Å². The van der Waals surface area contributed by atoms with Crippen LogP contribution < -0.4 is 10.2 Å². The third kappa shape index (κ3) is 6.02. The van der Waals surface area contributed by atoms with E-state index in [0.29, 0.717) is 23.1 Å². The van der Waals surface area contributed by atoms with Crippen molar-refractivity contribution >= 4 is 33.8 Å². The van der Waals surface area contributed by atoms with Gasteiger partial charge in [0.1, 0.15) is 17.3 Å². The largest absolute Gasteiger partial charge is 0.616 e. The summed E-state index contributed by atoms with van der Waals surface area (Å²) in [5, 5.41) is 12.5. The predicted octanol–water partition coefficient (Wildman–Crippen LogP) is 6.33. The van der Waals surface area contributed by atoms with E-state index < -0.39 is 11.2 Å². The lowest BCUT2D eigenvalue weighted by molar-refractivity contribution is 0.167. The Kier molecular flexibility index (Phi) is 7.68. The average Bonchev–Trinajstić information content (AvgIpc) is 2.83. The molecule has 0 amide bonds. The van der Waals surface area contributed by atoms with E-state index in [1.807, 2.05) is 6.20 Å². The predicted molar refractivity (Wildman–Crippen MR) is 143 cm³/mol. The third-order valence-corrected chi connectivity index (χ3v) is 8.62. The quantitative estimate of drug-likeness (QED) is 0.374. The van der Waals surface area contributed by atoms with Gasteiger partial charge in [0.05, 0.1) is 13.1 Å². The van der Waals surface area contributed by atoms with Gasteiger partial charge in [-0.15, -0.1) is 0 Å². The monoisotopic (exact) mass is 481 g/mol. The number of rotatable bonds is 6. The second kappa shape index (κ2) is 10.5. The molecule has 1 saturated carbocycles. The van der Waals surface area contributed by atoms with Gasteiger partial charge in [-0.1, -0.05) is 44.1 Å². The van der Waals surface area contributed by atoms with Crippen LogP contribution >= 0.6 is 0 Å². The summed E-state index contributed by atoms with van der Waals surface area (Å²) in [7, 11) is 0. The average molecular weight is 482 g/mol. The molecule has 2 atom stereocenters. The zero-order chi connectivity index (χ0) is 24.3. The highest BCUT2D eigenvalue weighted by Crippen LogP contribution is 2.44. The summed E-state index contributed by atoms with van der Waals surface area (Å²) in [6.07, 6.45) is 5.24. The first-order valence-corrected chi connectivity index (χ1v) is 13.7. The van der Waals surface area contributed by atoms with Gasteiger partial charge in [-0.3, -0.25) is 0 Å².